The Morgan fingerprint density at radius 1 is 1.25 bits per heavy atom. The fourth-order valence-corrected chi connectivity index (χ4v) is 1.82. The van der Waals surface area contributed by atoms with Crippen LogP contribution < -0.4 is 5.32 Å². The van der Waals surface area contributed by atoms with E-state index in [-0.39, 0.29) is 24.1 Å². The molecule has 1 aromatic rings. The molecule has 0 aliphatic heterocycles. The van der Waals surface area contributed by atoms with Crippen LogP contribution in [0.25, 0.3) is 0 Å². The largest absolute Gasteiger partial charge is 0.467 e. The third-order valence-corrected chi connectivity index (χ3v) is 2.77. The minimum absolute atomic E-state index is 0.197. The van der Waals surface area contributed by atoms with Crippen molar-refractivity contribution in [1.29, 1.82) is 0 Å². The van der Waals surface area contributed by atoms with Gasteiger partial charge in [-0.15, -0.1) is 0 Å². The number of methoxy groups -OCH3 is 1. The van der Waals surface area contributed by atoms with Gasteiger partial charge in [-0.3, -0.25) is 4.79 Å². The van der Waals surface area contributed by atoms with Crippen LogP contribution in [0.4, 0.5) is 4.39 Å². The summed E-state index contributed by atoms with van der Waals surface area (Å²) in [4.78, 5) is 23.4. The Bertz CT molecular complexity index is 457. The quantitative estimate of drug-likeness (QED) is 0.812. The molecule has 5 heteroatoms. The average Bonchev–Trinajstić information content (AvgIpc) is 2.38. The maximum atomic E-state index is 12.8. The Kier molecular flexibility index (Phi) is 6.15. The molecule has 1 rings (SSSR count). The molecular formula is C15H20FNO3. The molecule has 0 radical (unpaired) electrons. The van der Waals surface area contributed by atoms with E-state index in [2.05, 4.69) is 10.1 Å². The molecule has 0 bridgehead atoms. The Balaban J connectivity index is 2.72. The predicted molar refractivity (Wildman–Crippen MR) is 73.5 cm³/mol. The predicted octanol–water partition coefficient (Wildman–Crippen LogP) is 2.07. The van der Waals surface area contributed by atoms with Crippen LogP contribution in [0, 0.1) is 11.7 Å². The molecule has 4 nitrogen and oxygen atoms in total. The number of esters is 1. The number of halogens is 1. The lowest BCUT2D eigenvalue weighted by molar-refractivity contribution is -0.145. The summed E-state index contributed by atoms with van der Waals surface area (Å²) in [5, 5.41) is 2.65. The second-order valence-corrected chi connectivity index (χ2v) is 5.07. The number of hydrogen-bond donors (Lipinski definition) is 1. The molecule has 1 N–H and O–H groups in total. The van der Waals surface area contributed by atoms with Gasteiger partial charge in [-0.1, -0.05) is 26.0 Å². The highest BCUT2D eigenvalue weighted by atomic mass is 19.1. The minimum Gasteiger partial charge on any atom is -0.467 e. The van der Waals surface area contributed by atoms with Crippen molar-refractivity contribution in [3.63, 3.8) is 0 Å². The second kappa shape index (κ2) is 7.62. The summed E-state index contributed by atoms with van der Waals surface area (Å²) in [5.41, 5.74) is 0.756. The van der Waals surface area contributed by atoms with Crippen LogP contribution in [0.2, 0.25) is 0 Å². The molecule has 0 aliphatic rings. The van der Waals surface area contributed by atoms with Gasteiger partial charge in [0.15, 0.2) is 0 Å². The van der Waals surface area contributed by atoms with Gasteiger partial charge in [0, 0.05) is 12.8 Å². The van der Waals surface area contributed by atoms with Gasteiger partial charge in [0.05, 0.1) is 7.11 Å². The van der Waals surface area contributed by atoms with Crippen molar-refractivity contribution in [2.24, 2.45) is 5.92 Å². The van der Waals surface area contributed by atoms with Crippen molar-refractivity contribution in [3.05, 3.63) is 35.6 Å². The lowest BCUT2D eigenvalue weighted by Crippen LogP contribution is -2.43. The molecule has 110 valence electrons. The topological polar surface area (TPSA) is 55.4 Å². The van der Waals surface area contributed by atoms with Gasteiger partial charge in [0.1, 0.15) is 11.9 Å². The SMILES string of the molecule is COC(=O)[C@@H](Cc1ccc(F)cc1)NC(=O)CC(C)C. The van der Waals surface area contributed by atoms with E-state index < -0.39 is 12.0 Å². The first-order valence-corrected chi connectivity index (χ1v) is 6.54. The number of nitrogens with one attached hydrogen (secondary N) is 1. The Morgan fingerprint density at radius 3 is 2.35 bits per heavy atom. The van der Waals surface area contributed by atoms with Gasteiger partial charge in [-0.25, -0.2) is 9.18 Å². The van der Waals surface area contributed by atoms with Crippen LogP contribution in [-0.4, -0.2) is 25.0 Å². The monoisotopic (exact) mass is 281 g/mol. The number of carbonyl (C=O) groups excluding carboxylic acids is 2. The molecule has 1 atom stereocenters. The van der Waals surface area contributed by atoms with Gasteiger partial charge in [-0.2, -0.15) is 0 Å². The van der Waals surface area contributed by atoms with Gasteiger partial charge >= 0.3 is 5.97 Å². The van der Waals surface area contributed by atoms with Crippen LogP contribution in [0.15, 0.2) is 24.3 Å². The van der Waals surface area contributed by atoms with Crippen molar-refractivity contribution >= 4 is 11.9 Å². The second-order valence-electron chi connectivity index (χ2n) is 5.07. The molecule has 0 aromatic heterocycles. The van der Waals surface area contributed by atoms with E-state index in [0.29, 0.717) is 6.42 Å². The lowest BCUT2D eigenvalue weighted by Gasteiger charge is -2.17. The number of amides is 1. The first-order valence-electron chi connectivity index (χ1n) is 6.54. The summed E-state index contributed by atoms with van der Waals surface area (Å²) in [6.07, 6.45) is 0.619. The Labute approximate surface area is 118 Å². The number of hydrogen-bond acceptors (Lipinski definition) is 3. The van der Waals surface area contributed by atoms with Crippen molar-refractivity contribution in [2.45, 2.75) is 32.7 Å². The van der Waals surface area contributed by atoms with Crippen LogP contribution in [0.3, 0.4) is 0 Å². The summed E-state index contributed by atoms with van der Waals surface area (Å²) < 4.78 is 17.5. The third-order valence-electron chi connectivity index (χ3n) is 2.77. The van der Waals surface area contributed by atoms with E-state index in [1.807, 2.05) is 13.8 Å². The van der Waals surface area contributed by atoms with Crippen LogP contribution in [0.5, 0.6) is 0 Å². The van der Waals surface area contributed by atoms with Gasteiger partial charge in [-0.05, 0) is 23.6 Å². The fraction of sp³-hybridized carbons (Fsp3) is 0.467. The first-order chi connectivity index (χ1) is 9.42. The van der Waals surface area contributed by atoms with E-state index in [9.17, 15) is 14.0 Å². The number of carbonyl (C=O) groups is 2. The highest BCUT2D eigenvalue weighted by Crippen LogP contribution is 2.08. The molecule has 0 aliphatic carbocycles. The van der Waals surface area contributed by atoms with Gasteiger partial charge in [0.25, 0.3) is 0 Å². The van der Waals surface area contributed by atoms with Crippen LogP contribution in [-0.2, 0) is 20.7 Å². The molecule has 0 spiro atoms. The fourth-order valence-electron chi connectivity index (χ4n) is 1.82. The zero-order valence-corrected chi connectivity index (χ0v) is 12.0. The highest BCUT2D eigenvalue weighted by molar-refractivity contribution is 5.84. The minimum atomic E-state index is -0.753. The van der Waals surface area contributed by atoms with Gasteiger partial charge in [0.2, 0.25) is 5.91 Å². The van der Waals surface area contributed by atoms with Crippen molar-refractivity contribution in [3.8, 4) is 0 Å². The molecule has 1 aromatic carbocycles. The number of rotatable bonds is 6. The molecule has 20 heavy (non-hydrogen) atoms. The van der Waals surface area contributed by atoms with E-state index in [0.717, 1.165) is 5.56 Å². The maximum absolute atomic E-state index is 12.8. The molecule has 1 amide bonds. The molecule has 0 saturated heterocycles. The molecular weight excluding hydrogens is 261 g/mol. The van der Waals surface area contributed by atoms with Crippen molar-refractivity contribution < 1.29 is 18.7 Å². The van der Waals surface area contributed by atoms with E-state index >= 15 is 0 Å². The standard InChI is InChI=1S/C15H20FNO3/c1-10(2)8-14(18)17-13(15(19)20-3)9-11-4-6-12(16)7-5-11/h4-7,10,13H,8-9H2,1-3H3,(H,17,18)/t13-/m1/s1. The Morgan fingerprint density at radius 2 is 1.85 bits per heavy atom. The Hall–Kier alpha value is -1.91. The van der Waals surface area contributed by atoms with E-state index in [4.69, 9.17) is 0 Å². The average molecular weight is 281 g/mol. The molecule has 0 saturated carbocycles. The smallest absolute Gasteiger partial charge is 0.328 e. The van der Waals surface area contributed by atoms with Crippen molar-refractivity contribution in [2.75, 3.05) is 7.11 Å². The van der Waals surface area contributed by atoms with Gasteiger partial charge < -0.3 is 10.1 Å². The lowest BCUT2D eigenvalue weighted by atomic mass is 10.0. The van der Waals surface area contributed by atoms with Crippen LogP contribution in [0.1, 0.15) is 25.8 Å². The first kappa shape index (κ1) is 16.1. The zero-order valence-electron chi connectivity index (χ0n) is 12.0. The van der Waals surface area contributed by atoms with E-state index in [1.54, 1.807) is 12.1 Å². The summed E-state index contributed by atoms with van der Waals surface area (Å²) >= 11 is 0. The summed E-state index contributed by atoms with van der Waals surface area (Å²) in [6.45, 7) is 3.85. The number of ether oxygens (including phenoxy) is 1. The number of benzene rings is 1. The molecule has 0 heterocycles. The molecule has 0 unspecified atom stereocenters. The summed E-state index contributed by atoms with van der Waals surface area (Å²) in [6, 6.07) is 5.05. The normalized spacial score (nSPS) is 12.1. The highest BCUT2D eigenvalue weighted by Gasteiger charge is 2.22. The van der Waals surface area contributed by atoms with E-state index in [1.165, 1.54) is 19.2 Å². The summed E-state index contributed by atoms with van der Waals surface area (Å²) in [5.74, 6) is -0.838. The van der Waals surface area contributed by atoms with Crippen LogP contribution >= 0.6 is 0 Å². The summed E-state index contributed by atoms with van der Waals surface area (Å²) in [7, 11) is 1.27. The third kappa shape index (κ3) is 5.38. The zero-order chi connectivity index (χ0) is 15.1. The van der Waals surface area contributed by atoms with Crippen molar-refractivity contribution in [1.82, 2.24) is 5.32 Å². The molecule has 0 fully saturated rings. The maximum Gasteiger partial charge on any atom is 0.328 e.